The highest BCUT2D eigenvalue weighted by molar-refractivity contribution is 5.89. The van der Waals surface area contributed by atoms with Crippen molar-refractivity contribution in [1.82, 2.24) is 5.32 Å². The van der Waals surface area contributed by atoms with Crippen LogP contribution < -0.4 is 16.4 Å². The Morgan fingerprint density at radius 2 is 1.76 bits per heavy atom. The SMILES string of the molecule is NCC1(NC(=O)Nc2ccccc2F)CCCCCCC1. The zero-order valence-corrected chi connectivity index (χ0v) is 12.3. The smallest absolute Gasteiger partial charge is 0.319 e. The molecule has 0 aromatic heterocycles. The second-order valence-electron chi connectivity index (χ2n) is 5.81. The third kappa shape index (κ3) is 4.43. The van der Waals surface area contributed by atoms with Crippen LogP contribution in [0.15, 0.2) is 24.3 Å². The van der Waals surface area contributed by atoms with Crippen LogP contribution in [0.5, 0.6) is 0 Å². The van der Waals surface area contributed by atoms with Crippen molar-refractivity contribution >= 4 is 11.7 Å². The first kappa shape index (κ1) is 15.8. The fraction of sp³-hybridized carbons (Fsp3) is 0.562. The maximum atomic E-state index is 13.6. The number of nitrogens with two attached hydrogens (primary N) is 1. The number of carbonyl (C=O) groups excluding carboxylic acids is 1. The van der Waals surface area contributed by atoms with Crippen molar-refractivity contribution in [2.45, 2.75) is 50.5 Å². The van der Waals surface area contributed by atoms with E-state index in [1.807, 2.05) is 0 Å². The van der Waals surface area contributed by atoms with E-state index in [1.54, 1.807) is 18.2 Å². The van der Waals surface area contributed by atoms with Gasteiger partial charge >= 0.3 is 6.03 Å². The van der Waals surface area contributed by atoms with Gasteiger partial charge in [-0.1, -0.05) is 44.2 Å². The van der Waals surface area contributed by atoms with Gasteiger partial charge in [0.15, 0.2) is 0 Å². The Morgan fingerprint density at radius 3 is 2.38 bits per heavy atom. The normalized spacial score (nSPS) is 18.4. The van der Waals surface area contributed by atoms with E-state index in [0.29, 0.717) is 6.54 Å². The monoisotopic (exact) mass is 293 g/mol. The Hall–Kier alpha value is -1.62. The number of amides is 2. The first-order valence-electron chi connectivity index (χ1n) is 7.69. The third-order valence-electron chi connectivity index (χ3n) is 4.20. The molecule has 0 heterocycles. The molecule has 0 bridgehead atoms. The Morgan fingerprint density at radius 1 is 1.14 bits per heavy atom. The van der Waals surface area contributed by atoms with Crippen LogP contribution in [-0.4, -0.2) is 18.1 Å². The number of hydrogen-bond acceptors (Lipinski definition) is 2. The van der Waals surface area contributed by atoms with Crippen molar-refractivity contribution in [1.29, 1.82) is 0 Å². The number of benzene rings is 1. The molecule has 0 saturated heterocycles. The first-order valence-corrected chi connectivity index (χ1v) is 7.69. The lowest BCUT2D eigenvalue weighted by Gasteiger charge is -2.35. The lowest BCUT2D eigenvalue weighted by molar-refractivity contribution is 0.222. The first-order chi connectivity index (χ1) is 10.2. The molecule has 1 fully saturated rings. The zero-order chi connectivity index (χ0) is 15.1. The molecule has 2 amide bonds. The van der Waals surface area contributed by atoms with Gasteiger partial charge in [0.2, 0.25) is 0 Å². The van der Waals surface area contributed by atoms with Crippen molar-refractivity contribution in [2.75, 3.05) is 11.9 Å². The van der Waals surface area contributed by atoms with E-state index in [0.717, 1.165) is 25.7 Å². The highest BCUT2D eigenvalue weighted by Crippen LogP contribution is 2.26. The second kappa shape index (κ2) is 7.41. The number of hydrogen-bond donors (Lipinski definition) is 3. The van der Waals surface area contributed by atoms with Crippen LogP contribution in [-0.2, 0) is 0 Å². The van der Waals surface area contributed by atoms with Crippen molar-refractivity contribution < 1.29 is 9.18 Å². The number of anilines is 1. The number of halogens is 1. The van der Waals surface area contributed by atoms with Gasteiger partial charge < -0.3 is 16.4 Å². The van der Waals surface area contributed by atoms with Crippen molar-refractivity contribution in [3.05, 3.63) is 30.1 Å². The highest BCUT2D eigenvalue weighted by atomic mass is 19.1. The lowest BCUT2D eigenvalue weighted by Crippen LogP contribution is -2.55. The van der Waals surface area contributed by atoms with Crippen LogP contribution in [0.4, 0.5) is 14.9 Å². The molecule has 1 aliphatic carbocycles. The van der Waals surface area contributed by atoms with E-state index in [1.165, 1.54) is 25.3 Å². The Kier molecular flexibility index (Phi) is 5.56. The quantitative estimate of drug-likeness (QED) is 0.799. The molecule has 21 heavy (non-hydrogen) atoms. The van der Waals surface area contributed by atoms with Gasteiger partial charge in [-0.25, -0.2) is 9.18 Å². The van der Waals surface area contributed by atoms with Gasteiger partial charge in [0.05, 0.1) is 11.2 Å². The standard InChI is InChI=1S/C16H24FN3O/c17-13-8-4-5-9-14(13)19-15(21)20-16(12-18)10-6-2-1-3-7-11-16/h4-5,8-9H,1-3,6-7,10-12,18H2,(H2,19,20,21). The zero-order valence-electron chi connectivity index (χ0n) is 12.3. The topological polar surface area (TPSA) is 67.1 Å². The van der Waals surface area contributed by atoms with Crippen LogP contribution in [0.3, 0.4) is 0 Å². The molecular formula is C16H24FN3O. The van der Waals surface area contributed by atoms with Crippen LogP contribution in [0.2, 0.25) is 0 Å². The van der Waals surface area contributed by atoms with E-state index in [4.69, 9.17) is 5.73 Å². The van der Waals surface area contributed by atoms with Gasteiger partial charge in [-0.05, 0) is 25.0 Å². The highest BCUT2D eigenvalue weighted by Gasteiger charge is 2.30. The number of para-hydroxylation sites is 1. The summed E-state index contributed by atoms with van der Waals surface area (Å²) in [5.74, 6) is -0.438. The summed E-state index contributed by atoms with van der Waals surface area (Å²) >= 11 is 0. The summed E-state index contributed by atoms with van der Waals surface area (Å²) in [7, 11) is 0. The molecule has 1 saturated carbocycles. The average Bonchev–Trinajstić information content (AvgIpc) is 2.45. The molecule has 0 aliphatic heterocycles. The minimum atomic E-state index is -0.438. The fourth-order valence-electron chi connectivity index (χ4n) is 2.92. The predicted molar refractivity (Wildman–Crippen MR) is 82.7 cm³/mol. The van der Waals surface area contributed by atoms with Gasteiger partial charge in [-0.15, -0.1) is 0 Å². The summed E-state index contributed by atoms with van der Waals surface area (Å²) < 4.78 is 13.6. The van der Waals surface area contributed by atoms with E-state index < -0.39 is 5.82 Å². The number of rotatable bonds is 3. The molecule has 1 aliphatic rings. The Labute approximate surface area is 125 Å². The molecule has 0 atom stereocenters. The van der Waals surface area contributed by atoms with Crippen molar-refractivity contribution in [3.63, 3.8) is 0 Å². The maximum Gasteiger partial charge on any atom is 0.319 e. The minimum absolute atomic E-state index is 0.188. The molecule has 0 spiro atoms. The summed E-state index contributed by atoms with van der Waals surface area (Å²) in [5, 5.41) is 5.56. The molecule has 4 nitrogen and oxygen atoms in total. The largest absolute Gasteiger partial charge is 0.331 e. The van der Waals surface area contributed by atoms with Crippen LogP contribution in [0.25, 0.3) is 0 Å². The fourth-order valence-corrected chi connectivity index (χ4v) is 2.92. The van der Waals surface area contributed by atoms with E-state index in [9.17, 15) is 9.18 Å². The van der Waals surface area contributed by atoms with Crippen molar-refractivity contribution in [2.24, 2.45) is 5.73 Å². The summed E-state index contributed by atoms with van der Waals surface area (Å²) in [6, 6.07) is 5.76. The molecule has 1 aromatic rings. The number of urea groups is 1. The van der Waals surface area contributed by atoms with Gasteiger partial charge in [0.25, 0.3) is 0 Å². The lowest BCUT2D eigenvalue weighted by atomic mass is 9.84. The second-order valence-corrected chi connectivity index (χ2v) is 5.81. The summed E-state index contributed by atoms with van der Waals surface area (Å²) in [5.41, 5.74) is 5.74. The van der Waals surface area contributed by atoms with Gasteiger partial charge in [0.1, 0.15) is 5.82 Å². The Bertz CT molecular complexity index is 470. The van der Waals surface area contributed by atoms with E-state index in [2.05, 4.69) is 10.6 Å². The molecule has 0 radical (unpaired) electrons. The number of nitrogens with one attached hydrogen (secondary N) is 2. The van der Waals surface area contributed by atoms with Crippen LogP contribution >= 0.6 is 0 Å². The van der Waals surface area contributed by atoms with Crippen LogP contribution in [0.1, 0.15) is 44.9 Å². The minimum Gasteiger partial charge on any atom is -0.331 e. The molecular weight excluding hydrogens is 269 g/mol. The Balaban J connectivity index is 2.00. The molecule has 1 aromatic carbocycles. The van der Waals surface area contributed by atoms with E-state index in [-0.39, 0.29) is 17.3 Å². The molecule has 116 valence electrons. The summed E-state index contributed by atoms with van der Waals surface area (Å²) in [6.45, 7) is 0.414. The van der Waals surface area contributed by atoms with Gasteiger partial charge in [-0.2, -0.15) is 0 Å². The average molecular weight is 293 g/mol. The van der Waals surface area contributed by atoms with Gasteiger partial charge in [0, 0.05) is 6.54 Å². The predicted octanol–water partition coefficient (Wildman–Crippen LogP) is 3.39. The summed E-state index contributed by atoms with van der Waals surface area (Å²) in [6.07, 6.45) is 7.51. The molecule has 5 heteroatoms. The van der Waals surface area contributed by atoms with E-state index >= 15 is 0 Å². The summed E-state index contributed by atoms with van der Waals surface area (Å²) in [4.78, 5) is 12.2. The number of carbonyl (C=O) groups is 1. The van der Waals surface area contributed by atoms with Crippen molar-refractivity contribution in [3.8, 4) is 0 Å². The molecule has 4 N–H and O–H groups in total. The molecule has 0 unspecified atom stereocenters. The molecule has 2 rings (SSSR count). The third-order valence-corrected chi connectivity index (χ3v) is 4.20. The maximum absolute atomic E-state index is 13.6. The van der Waals surface area contributed by atoms with Crippen LogP contribution in [0, 0.1) is 5.82 Å². The van der Waals surface area contributed by atoms with Gasteiger partial charge in [-0.3, -0.25) is 0 Å².